The number of aromatic amines is 1. The Balaban J connectivity index is 2.24. The Hall–Kier alpha value is -2.32. The van der Waals surface area contributed by atoms with Crippen LogP contribution in [-0.2, 0) is 0 Å². The van der Waals surface area contributed by atoms with Crippen molar-refractivity contribution in [3.63, 3.8) is 0 Å². The molecule has 20 heavy (non-hydrogen) atoms. The number of H-pyrrole nitrogens is 1. The Morgan fingerprint density at radius 1 is 1.30 bits per heavy atom. The topological polar surface area (TPSA) is 122 Å². The lowest BCUT2D eigenvalue weighted by Gasteiger charge is -2.05. The van der Waals surface area contributed by atoms with Gasteiger partial charge < -0.3 is 11.5 Å². The molecule has 0 aliphatic carbocycles. The van der Waals surface area contributed by atoms with E-state index in [0.29, 0.717) is 10.7 Å². The van der Waals surface area contributed by atoms with Crippen molar-refractivity contribution in [3.05, 3.63) is 35.0 Å². The van der Waals surface area contributed by atoms with E-state index in [1.54, 1.807) is 24.3 Å². The standard InChI is InChI=1S/C11H11ClN6OS/c12-6-3-1-5(2-4-6)8-7(13)9(16-15-8)10(19)17-18-11(14)20/h1-4H,13H2,(H,15,16)(H,17,19)(H3,14,18,20). The molecule has 2 aromatic rings. The van der Waals surface area contributed by atoms with Crippen LogP contribution in [0.1, 0.15) is 10.5 Å². The lowest BCUT2D eigenvalue weighted by molar-refractivity contribution is 0.0940. The zero-order chi connectivity index (χ0) is 14.7. The number of aromatic nitrogens is 2. The highest BCUT2D eigenvalue weighted by Crippen LogP contribution is 2.26. The largest absolute Gasteiger partial charge is 0.395 e. The molecule has 1 heterocycles. The molecule has 0 unspecified atom stereocenters. The Morgan fingerprint density at radius 2 is 1.95 bits per heavy atom. The van der Waals surface area contributed by atoms with Gasteiger partial charge in [-0.1, -0.05) is 23.7 Å². The van der Waals surface area contributed by atoms with Crippen LogP contribution in [0.25, 0.3) is 11.3 Å². The number of anilines is 1. The highest BCUT2D eigenvalue weighted by atomic mass is 35.5. The van der Waals surface area contributed by atoms with Gasteiger partial charge in [-0.05, 0) is 24.4 Å². The normalized spacial score (nSPS) is 10.1. The van der Waals surface area contributed by atoms with Gasteiger partial charge in [0.15, 0.2) is 5.11 Å². The fraction of sp³-hybridized carbons (Fsp3) is 0. The molecule has 0 saturated carbocycles. The third-order valence-electron chi connectivity index (χ3n) is 2.45. The minimum Gasteiger partial charge on any atom is -0.395 e. The molecular formula is C11H11ClN6OS. The van der Waals surface area contributed by atoms with Gasteiger partial charge in [0, 0.05) is 10.6 Å². The smallest absolute Gasteiger partial charge is 0.289 e. The summed E-state index contributed by atoms with van der Waals surface area (Å²) in [5.41, 5.74) is 17.2. The number of benzene rings is 1. The number of nitrogens with one attached hydrogen (secondary N) is 3. The zero-order valence-electron chi connectivity index (χ0n) is 10.1. The lowest BCUT2D eigenvalue weighted by atomic mass is 10.1. The van der Waals surface area contributed by atoms with Crippen LogP contribution in [0.15, 0.2) is 24.3 Å². The van der Waals surface area contributed by atoms with E-state index >= 15 is 0 Å². The minimum absolute atomic E-state index is 0.0608. The molecule has 9 heteroatoms. The molecule has 0 bridgehead atoms. The Kier molecular flexibility index (Phi) is 4.06. The second-order valence-corrected chi connectivity index (χ2v) is 4.69. The van der Waals surface area contributed by atoms with Gasteiger partial charge in [-0.3, -0.25) is 20.7 Å². The summed E-state index contributed by atoms with van der Waals surface area (Å²) in [4.78, 5) is 11.8. The molecule has 0 aliphatic rings. The maximum absolute atomic E-state index is 11.8. The molecule has 7 nitrogen and oxygen atoms in total. The number of carbonyl (C=O) groups excluding carboxylic acids is 1. The number of amides is 1. The summed E-state index contributed by atoms with van der Waals surface area (Å²) in [5, 5.41) is 7.12. The third-order valence-corrected chi connectivity index (χ3v) is 2.80. The number of rotatable bonds is 2. The summed E-state index contributed by atoms with van der Waals surface area (Å²) in [6, 6.07) is 6.92. The van der Waals surface area contributed by atoms with E-state index in [2.05, 4.69) is 33.3 Å². The molecule has 0 spiro atoms. The third kappa shape index (κ3) is 2.98. The number of nitrogen functional groups attached to an aromatic ring is 1. The summed E-state index contributed by atoms with van der Waals surface area (Å²) < 4.78 is 0. The number of nitrogens with zero attached hydrogens (tertiary/aromatic N) is 1. The average molecular weight is 311 g/mol. The first kappa shape index (κ1) is 14.1. The van der Waals surface area contributed by atoms with Crippen LogP contribution in [0.2, 0.25) is 5.02 Å². The molecule has 1 amide bonds. The predicted octanol–water partition coefficient (Wildman–Crippen LogP) is 0.790. The van der Waals surface area contributed by atoms with Crippen LogP contribution in [0.5, 0.6) is 0 Å². The van der Waals surface area contributed by atoms with Crippen LogP contribution in [0.4, 0.5) is 5.69 Å². The van der Waals surface area contributed by atoms with Crippen LogP contribution in [0, 0.1) is 0 Å². The van der Waals surface area contributed by atoms with E-state index in [1.807, 2.05) is 0 Å². The Bertz CT molecular complexity index is 653. The van der Waals surface area contributed by atoms with Gasteiger partial charge in [0.25, 0.3) is 5.91 Å². The van der Waals surface area contributed by atoms with Crippen molar-refractivity contribution in [1.82, 2.24) is 21.0 Å². The van der Waals surface area contributed by atoms with Gasteiger partial charge in [-0.15, -0.1) is 0 Å². The summed E-state index contributed by atoms with van der Waals surface area (Å²) in [6.07, 6.45) is 0. The summed E-state index contributed by atoms with van der Waals surface area (Å²) in [5.74, 6) is -0.525. The van der Waals surface area contributed by atoms with Crippen molar-refractivity contribution in [2.24, 2.45) is 5.73 Å². The van der Waals surface area contributed by atoms with E-state index in [4.69, 9.17) is 23.1 Å². The van der Waals surface area contributed by atoms with Gasteiger partial charge in [0.05, 0.1) is 5.69 Å². The second-order valence-electron chi connectivity index (χ2n) is 3.81. The first-order valence-electron chi connectivity index (χ1n) is 5.44. The van der Waals surface area contributed by atoms with Crippen LogP contribution >= 0.6 is 23.8 Å². The number of carbonyl (C=O) groups is 1. The fourth-order valence-electron chi connectivity index (χ4n) is 1.53. The molecular weight excluding hydrogens is 300 g/mol. The van der Waals surface area contributed by atoms with Crippen LogP contribution < -0.4 is 22.3 Å². The zero-order valence-corrected chi connectivity index (χ0v) is 11.7. The summed E-state index contributed by atoms with van der Waals surface area (Å²) >= 11 is 10.4. The van der Waals surface area contributed by atoms with E-state index in [9.17, 15) is 4.79 Å². The lowest BCUT2D eigenvalue weighted by Crippen LogP contribution is -2.44. The monoisotopic (exact) mass is 310 g/mol. The molecule has 0 radical (unpaired) electrons. The number of hydrogen-bond donors (Lipinski definition) is 5. The first-order chi connectivity index (χ1) is 9.49. The van der Waals surface area contributed by atoms with E-state index in [0.717, 1.165) is 5.56 Å². The number of nitrogens with two attached hydrogens (primary N) is 2. The molecule has 0 atom stereocenters. The molecule has 0 saturated heterocycles. The van der Waals surface area contributed by atoms with E-state index < -0.39 is 5.91 Å². The molecule has 7 N–H and O–H groups in total. The maximum atomic E-state index is 11.8. The van der Waals surface area contributed by atoms with Gasteiger partial charge in [-0.2, -0.15) is 5.10 Å². The van der Waals surface area contributed by atoms with Gasteiger partial charge in [0.2, 0.25) is 0 Å². The predicted molar refractivity (Wildman–Crippen MR) is 80.8 cm³/mol. The second kappa shape index (κ2) is 5.76. The summed E-state index contributed by atoms with van der Waals surface area (Å²) in [6.45, 7) is 0. The number of halogens is 1. The molecule has 2 rings (SSSR count). The highest BCUT2D eigenvalue weighted by molar-refractivity contribution is 7.80. The van der Waals surface area contributed by atoms with E-state index in [-0.39, 0.29) is 16.5 Å². The van der Waals surface area contributed by atoms with Gasteiger partial charge in [0.1, 0.15) is 11.4 Å². The minimum atomic E-state index is -0.525. The van der Waals surface area contributed by atoms with Crippen molar-refractivity contribution in [2.45, 2.75) is 0 Å². The first-order valence-corrected chi connectivity index (χ1v) is 6.23. The van der Waals surface area contributed by atoms with Crippen LogP contribution in [0.3, 0.4) is 0 Å². The fourth-order valence-corrected chi connectivity index (χ4v) is 1.71. The number of thiocarbonyl (C=S) groups is 1. The molecule has 104 valence electrons. The van der Waals surface area contributed by atoms with Crippen molar-refractivity contribution >= 4 is 40.5 Å². The number of hydrogen-bond acceptors (Lipinski definition) is 4. The highest BCUT2D eigenvalue weighted by Gasteiger charge is 2.17. The summed E-state index contributed by atoms with van der Waals surface area (Å²) in [7, 11) is 0. The average Bonchev–Trinajstić information content (AvgIpc) is 2.79. The van der Waals surface area contributed by atoms with Gasteiger partial charge in [-0.25, -0.2) is 0 Å². The van der Waals surface area contributed by atoms with Crippen molar-refractivity contribution < 1.29 is 4.79 Å². The Labute approximate surface area is 124 Å². The van der Waals surface area contributed by atoms with E-state index in [1.165, 1.54) is 0 Å². The maximum Gasteiger partial charge on any atom is 0.289 e. The number of hydrazine groups is 1. The van der Waals surface area contributed by atoms with Crippen LogP contribution in [-0.4, -0.2) is 21.2 Å². The molecule has 0 aliphatic heterocycles. The van der Waals surface area contributed by atoms with Gasteiger partial charge >= 0.3 is 0 Å². The molecule has 1 aromatic heterocycles. The Morgan fingerprint density at radius 3 is 2.55 bits per heavy atom. The molecule has 0 fully saturated rings. The van der Waals surface area contributed by atoms with Crippen molar-refractivity contribution in [1.29, 1.82) is 0 Å². The SMILES string of the molecule is NC(=S)NNC(=O)c1[nH]nc(-c2ccc(Cl)cc2)c1N. The van der Waals surface area contributed by atoms with Crippen molar-refractivity contribution in [3.8, 4) is 11.3 Å². The quantitative estimate of drug-likeness (QED) is 0.413. The van der Waals surface area contributed by atoms with Crippen molar-refractivity contribution in [2.75, 3.05) is 5.73 Å². The molecule has 1 aromatic carbocycles.